The summed E-state index contributed by atoms with van der Waals surface area (Å²) in [6, 6.07) is 49.3. The third-order valence-corrected chi connectivity index (χ3v) is 9.39. The van der Waals surface area contributed by atoms with Crippen LogP contribution in [0.4, 0.5) is 17.2 Å². The lowest BCUT2D eigenvalue weighted by molar-refractivity contribution is 0.669. The van der Waals surface area contributed by atoms with Gasteiger partial charge in [0, 0.05) is 43.8 Å². The predicted molar refractivity (Wildman–Crippen MR) is 182 cm³/mol. The van der Waals surface area contributed by atoms with Gasteiger partial charge in [0.15, 0.2) is 0 Å². The van der Waals surface area contributed by atoms with E-state index in [9.17, 15) is 0 Å². The van der Waals surface area contributed by atoms with Gasteiger partial charge in [-0.05, 0) is 76.5 Å². The van der Waals surface area contributed by atoms with Gasteiger partial charge >= 0.3 is 0 Å². The molecule has 4 heteroatoms. The zero-order valence-electron chi connectivity index (χ0n) is 23.1. The summed E-state index contributed by atoms with van der Waals surface area (Å²) in [7, 11) is 0. The second-order valence-electron chi connectivity index (χ2n) is 10.9. The van der Waals surface area contributed by atoms with Crippen molar-refractivity contribution in [1.29, 1.82) is 0 Å². The van der Waals surface area contributed by atoms with Crippen molar-refractivity contribution in [1.82, 2.24) is 4.98 Å². The van der Waals surface area contributed by atoms with Gasteiger partial charge in [0.2, 0.25) is 0 Å². The average Bonchev–Trinajstić information content (AvgIpc) is 3.62. The van der Waals surface area contributed by atoms with Crippen molar-refractivity contribution in [2.75, 3.05) is 4.90 Å². The molecular formula is C39H24N2OS. The van der Waals surface area contributed by atoms with Crippen LogP contribution in [-0.2, 0) is 0 Å². The monoisotopic (exact) mass is 568 g/mol. The number of anilines is 3. The van der Waals surface area contributed by atoms with Crippen LogP contribution in [0.15, 0.2) is 150 Å². The van der Waals surface area contributed by atoms with Gasteiger partial charge in [-0.2, -0.15) is 0 Å². The molecule has 3 nitrogen and oxygen atoms in total. The van der Waals surface area contributed by atoms with Crippen LogP contribution in [0.3, 0.4) is 0 Å². The summed E-state index contributed by atoms with van der Waals surface area (Å²) in [6.07, 6.45) is 2.02. The van der Waals surface area contributed by atoms with Gasteiger partial charge in [0.05, 0.1) is 4.70 Å². The molecule has 3 aromatic heterocycles. The van der Waals surface area contributed by atoms with Crippen LogP contribution in [0.5, 0.6) is 0 Å². The van der Waals surface area contributed by atoms with Gasteiger partial charge in [-0.3, -0.25) is 4.90 Å². The van der Waals surface area contributed by atoms with E-state index in [1.54, 1.807) is 11.3 Å². The maximum Gasteiger partial charge on any atom is 0.138 e. The van der Waals surface area contributed by atoms with Crippen molar-refractivity contribution < 1.29 is 4.42 Å². The highest BCUT2D eigenvalue weighted by molar-refractivity contribution is 7.25. The Kier molecular flexibility index (Phi) is 5.37. The van der Waals surface area contributed by atoms with Gasteiger partial charge in [0.1, 0.15) is 17.0 Å². The van der Waals surface area contributed by atoms with Crippen molar-refractivity contribution in [2.45, 2.75) is 0 Å². The number of rotatable bonds is 4. The summed E-state index contributed by atoms with van der Waals surface area (Å²) >= 11 is 1.80. The van der Waals surface area contributed by atoms with E-state index < -0.39 is 0 Å². The Morgan fingerprint density at radius 3 is 2.02 bits per heavy atom. The Labute approximate surface area is 251 Å². The zero-order valence-corrected chi connectivity index (χ0v) is 23.9. The largest absolute Gasteiger partial charge is 0.456 e. The first-order valence-corrected chi connectivity index (χ1v) is 15.2. The van der Waals surface area contributed by atoms with Crippen molar-refractivity contribution in [3.8, 4) is 11.1 Å². The molecule has 9 rings (SSSR count). The van der Waals surface area contributed by atoms with Crippen LogP contribution in [0.1, 0.15) is 0 Å². The first-order chi connectivity index (χ1) is 21.3. The lowest BCUT2D eigenvalue weighted by Crippen LogP contribution is -2.11. The molecule has 0 atom stereocenters. The molecule has 0 N–H and O–H groups in total. The highest BCUT2D eigenvalue weighted by Crippen LogP contribution is 2.42. The molecule has 0 aliphatic heterocycles. The minimum atomic E-state index is 0.875. The molecule has 0 unspecified atom stereocenters. The number of fused-ring (bicyclic) bond motifs is 7. The summed E-state index contributed by atoms with van der Waals surface area (Å²) < 4.78 is 8.62. The molecule has 0 saturated heterocycles. The van der Waals surface area contributed by atoms with E-state index in [1.165, 1.54) is 42.1 Å². The number of furan rings is 1. The Bertz CT molecular complexity index is 2460. The highest BCUT2D eigenvalue weighted by atomic mass is 32.1. The SMILES string of the molecule is c1ccc(-c2ccc(N(c3ccc4oc5ccccc5c4c3)c3cc4c(cn3)sc3cc5ccccc5cc34)cc2)cc1. The minimum absolute atomic E-state index is 0.875. The topological polar surface area (TPSA) is 29.3 Å². The Hall–Kier alpha value is -5.45. The fourth-order valence-corrected chi connectivity index (χ4v) is 7.26. The van der Waals surface area contributed by atoms with E-state index >= 15 is 0 Å². The third-order valence-electron chi connectivity index (χ3n) is 8.29. The lowest BCUT2D eigenvalue weighted by Gasteiger charge is -2.24. The fraction of sp³-hybridized carbons (Fsp3) is 0. The van der Waals surface area contributed by atoms with Crippen molar-refractivity contribution in [3.63, 3.8) is 0 Å². The fourth-order valence-electron chi connectivity index (χ4n) is 6.18. The van der Waals surface area contributed by atoms with Crippen LogP contribution in [0.25, 0.3) is 64.0 Å². The second kappa shape index (κ2) is 9.55. The average molecular weight is 569 g/mol. The van der Waals surface area contributed by atoms with Crippen LogP contribution >= 0.6 is 11.3 Å². The maximum absolute atomic E-state index is 6.16. The summed E-state index contributed by atoms with van der Waals surface area (Å²) in [6.45, 7) is 0. The van der Waals surface area contributed by atoms with Gasteiger partial charge in [-0.1, -0.05) is 84.9 Å². The summed E-state index contributed by atoms with van der Waals surface area (Å²) in [4.78, 5) is 7.30. The molecule has 0 aliphatic carbocycles. The predicted octanol–water partition coefficient (Wildman–Crippen LogP) is 11.6. The first kappa shape index (κ1) is 24.2. The molecule has 0 radical (unpaired) electrons. The van der Waals surface area contributed by atoms with Gasteiger partial charge in [0.25, 0.3) is 0 Å². The third kappa shape index (κ3) is 3.99. The van der Waals surface area contributed by atoms with Crippen LogP contribution < -0.4 is 4.90 Å². The number of nitrogens with zero attached hydrogens (tertiary/aromatic N) is 2. The number of thiophene rings is 1. The number of benzene rings is 6. The second-order valence-corrected chi connectivity index (χ2v) is 11.9. The normalized spacial score (nSPS) is 11.7. The Morgan fingerprint density at radius 2 is 1.16 bits per heavy atom. The standard InChI is InChI=1S/C39H24N2OS/c1-2-8-25(9-3-1)26-14-16-29(17-15-26)41(30-18-19-36-32(22-30)31-12-6-7-13-35(31)42-36)39-23-34-33-20-27-10-4-5-11-28(27)21-37(33)43-38(34)24-40-39/h1-24H. The zero-order chi connectivity index (χ0) is 28.3. The molecule has 0 spiro atoms. The van der Waals surface area contributed by atoms with Crippen molar-refractivity contribution in [2.24, 2.45) is 0 Å². The number of para-hydroxylation sites is 1. The molecular weight excluding hydrogens is 545 g/mol. The van der Waals surface area contributed by atoms with E-state index in [0.717, 1.165) is 39.1 Å². The van der Waals surface area contributed by atoms with Gasteiger partial charge in [-0.15, -0.1) is 11.3 Å². The van der Waals surface area contributed by atoms with E-state index in [-0.39, 0.29) is 0 Å². The molecule has 3 heterocycles. The van der Waals surface area contributed by atoms with Crippen molar-refractivity contribution >= 4 is 81.4 Å². The Morgan fingerprint density at radius 1 is 0.488 bits per heavy atom. The van der Waals surface area contributed by atoms with E-state index in [0.29, 0.717) is 0 Å². The molecule has 9 aromatic rings. The minimum Gasteiger partial charge on any atom is -0.456 e. The van der Waals surface area contributed by atoms with Gasteiger partial charge < -0.3 is 4.42 Å². The molecule has 43 heavy (non-hydrogen) atoms. The van der Waals surface area contributed by atoms with E-state index in [1.807, 2.05) is 24.4 Å². The molecule has 6 aromatic carbocycles. The molecule has 0 saturated carbocycles. The maximum atomic E-state index is 6.16. The summed E-state index contributed by atoms with van der Waals surface area (Å²) in [5, 5.41) is 7.19. The lowest BCUT2D eigenvalue weighted by atomic mass is 10.0. The molecule has 0 amide bonds. The van der Waals surface area contributed by atoms with Crippen LogP contribution in [-0.4, -0.2) is 4.98 Å². The van der Waals surface area contributed by atoms with E-state index in [2.05, 4.69) is 126 Å². The van der Waals surface area contributed by atoms with Gasteiger partial charge in [-0.25, -0.2) is 4.98 Å². The quantitative estimate of drug-likeness (QED) is 0.211. The molecule has 0 fully saturated rings. The first-order valence-electron chi connectivity index (χ1n) is 14.4. The number of pyridine rings is 1. The summed E-state index contributed by atoms with van der Waals surface area (Å²) in [5.41, 5.74) is 6.23. The number of aromatic nitrogens is 1. The number of hydrogen-bond donors (Lipinski definition) is 0. The highest BCUT2D eigenvalue weighted by Gasteiger charge is 2.18. The van der Waals surface area contributed by atoms with Crippen LogP contribution in [0.2, 0.25) is 0 Å². The van der Waals surface area contributed by atoms with Crippen LogP contribution in [0, 0.1) is 0 Å². The Balaban J connectivity index is 1.25. The van der Waals surface area contributed by atoms with E-state index in [4.69, 9.17) is 9.40 Å². The smallest absolute Gasteiger partial charge is 0.138 e. The number of hydrogen-bond acceptors (Lipinski definition) is 4. The molecule has 0 aliphatic rings. The summed E-state index contributed by atoms with van der Waals surface area (Å²) in [5.74, 6) is 0.875. The molecule has 202 valence electrons. The van der Waals surface area contributed by atoms with Crippen molar-refractivity contribution in [3.05, 3.63) is 146 Å². The molecule has 0 bridgehead atoms.